The third-order valence-electron chi connectivity index (χ3n) is 2.20. The Labute approximate surface area is 109 Å². The molecule has 0 spiro atoms. The standard InChI is InChI=1S/C12H23N5O/c1-9(18-16-5)8-11(13)10(2)12(15-4)17-7-6-14-3/h8,13-14,16-17H,4,6-7H2,1-3,5H3/b9-8+,12-10+,13-11?. The Kier molecular flexibility index (Phi) is 8.51. The summed E-state index contributed by atoms with van der Waals surface area (Å²) in [5.74, 6) is 1.23. The summed E-state index contributed by atoms with van der Waals surface area (Å²) in [5, 5.41) is 14.1. The summed E-state index contributed by atoms with van der Waals surface area (Å²) in [6.45, 7) is 8.64. The zero-order chi connectivity index (χ0) is 14.0. The van der Waals surface area contributed by atoms with Crippen molar-refractivity contribution >= 4 is 12.4 Å². The van der Waals surface area contributed by atoms with Crippen molar-refractivity contribution in [3.05, 3.63) is 23.2 Å². The highest BCUT2D eigenvalue weighted by molar-refractivity contribution is 6.06. The van der Waals surface area contributed by atoms with E-state index in [2.05, 4.69) is 27.8 Å². The molecule has 0 radical (unpaired) electrons. The number of likely N-dealkylation sites (N-methyl/N-ethyl adjacent to an activating group) is 1. The van der Waals surface area contributed by atoms with Gasteiger partial charge in [0.25, 0.3) is 0 Å². The van der Waals surface area contributed by atoms with Crippen LogP contribution in [0.5, 0.6) is 0 Å². The molecule has 0 saturated carbocycles. The largest absolute Gasteiger partial charge is 0.414 e. The fourth-order valence-electron chi connectivity index (χ4n) is 1.24. The van der Waals surface area contributed by atoms with Crippen LogP contribution in [0.1, 0.15) is 13.8 Å². The van der Waals surface area contributed by atoms with Crippen LogP contribution >= 0.6 is 0 Å². The summed E-state index contributed by atoms with van der Waals surface area (Å²) in [6.07, 6.45) is 1.62. The van der Waals surface area contributed by atoms with Crippen molar-refractivity contribution in [3.63, 3.8) is 0 Å². The van der Waals surface area contributed by atoms with E-state index in [0.29, 0.717) is 17.3 Å². The van der Waals surface area contributed by atoms with Gasteiger partial charge in [0.1, 0.15) is 11.6 Å². The summed E-state index contributed by atoms with van der Waals surface area (Å²) in [5.41, 5.74) is 3.61. The minimum Gasteiger partial charge on any atom is -0.414 e. The van der Waals surface area contributed by atoms with Gasteiger partial charge in [-0.05, 0) is 27.6 Å². The monoisotopic (exact) mass is 253 g/mol. The first-order chi connectivity index (χ1) is 8.56. The zero-order valence-corrected chi connectivity index (χ0v) is 11.6. The Balaban J connectivity index is 4.72. The van der Waals surface area contributed by atoms with E-state index in [1.165, 1.54) is 0 Å². The molecule has 0 unspecified atom stereocenters. The van der Waals surface area contributed by atoms with E-state index < -0.39 is 0 Å². The number of nitrogens with zero attached hydrogens (tertiary/aromatic N) is 1. The molecular weight excluding hydrogens is 230 g/mol. The number of aliphatic imine (C=N–C) groups is 1. The van der Waals surface area contributed by atoms with E-state index in [9.17, 15) is 0 Å². The molecular formula is C12H23N5O. The Morgan fingerprint density at radius 1 is 1.33 bits per heavy atom. The molecule has 0 aliphatic rings. The summed E-state index contributed by atoms with van der Waals surface area (Å²) in [7, 11) is 3.54. The van der Waals surface area contributed by atoms with Crippen LogP contribution in [-0.2, 0) is 4.84 Å². The van der Waals surface area contributed by atoms with Gasteiger partial charge in [-0.1, -0.05) is 0 Å². The Hall–Kier alpha value is -1.66. The molecule has 0 rings (SSSR count). The predicted molar refractivity (Wildman–Crippen MR) is 75.8 cm³/mol. The molecule has 0 aromatic heterocycles. The number of allylic oxidation sites excluding steroid dienone is 3. The number of hydrogen-bond acceptors (Lipinski definition) is 6. The topological polar surface area (TPSA) is 81.5 Å². The van der Waals surface area contributed by atoms with E-state index >= 15 is 0 Å². The van der Waals surface area contributed by atoms with Crippen LogP contribution in [0.15, 0.2) is 28.2 Å². The number of rotatable bonds is 9. The van der Waals surface area contributed by atoms with Gasteiger partial charge in [-0.25, -0.2) is 4.99 Å². The smallest absolute Gasteiger partial charge is 0.130 e. The fourth-order valence-corrected chi connectivity index (χ4v) is 1.24. The molecule has 0 fully saturated rings. The molecule has 0 aliphatic heterocycles. The van der Waals surface area contributed by atoms with Crippen molar-refractivity contribution in [2.45, 2.75) is 13.8 Å². The fraction of sp³-hybridized carbons (Fsp3) is 0.500. The number of hydrogen-bond donors (Lipinski definition) is 4. The van der Waals surface area contributed by atoms with Crippen molar-refractivity contribution in [1.82, 2.24) is 16.1 Å². The van der Waals surface area contributed by atoms with Crippen molar-refractivity contribution in [2.75, 3.05) is 27.2 Å². The highest BCUT2D eigenvalue weighted by Crippen LogP contribution is 2.06. The van der Waals surface area contributed by atoms with Crippen molar-refractivity contribution in [2.24, 2.45) is 4.99 Å². The average Bonchev–Trinajstić information content (AvgIpc) is 2.34. The molecule has 0 saturated heterocycles. The van der Waals surface area contributed by atoms with Gasteiger partial charge in [0.2, 0.25) is 0 Å². The molecule has 0 aliphatic carbocycles. The SMILES string of the molecule is C=N/C(NCCNC)=C(/C)C(=N)/C=C(\C)ONC. The molecule has 0 bridgehead atoms. The summed E-state index contributed by atoms with van der Waals surface area (Å²) in [6, 6.07) is 0. The van der Waals surface area contributed by atoms with Gasteiger partial charge in [0.15, 0.2) is 0 Å². The van der Waals surface area contributed by atoms with Gasteiger partial charge in [0, 0.05) is 31.8 Å². The lowest BCUT2D eigenvalue weighted by atomic mass is 10.1. The van der Waals surface area contributed by atoms with Gasteiger partial charge in [0.05, 0.1) is 5.71 Å². The second-order valence-electron chi connectivity index (χ2n) is 3.64. The predicted octanol–water partition coefficient (Wildman–Crippen LogP) is 0.802. The Bertz CT molecular complexity index is 346. The summed E-state index contributed by atoms with van der Waals surface area (Å²) in [4.78, 5) is 8.94. The van der Waals surface area contributed by atoms with Crippen molar-refractivity contribution in [1.29, 1.82) is 5.41 Å². The first kappa shape index (κ1) is 16.3. The first-order valence-electron chi connectivity index (χ1n) is 5.73. The van der Waals surface area contributed by atoms with Crippen LogP contribution in [0, 0.1) is 5.41 Å². The minimum absolute atomic E-state index is 0.335. The maximum Gasteiger partial charge on any atom is 0.130 e. The third kappa shape index (κ3) is 6.17. The van der Waals surface area contributed by atoms with Crippen LogP contribution in [0.4, 0.5) is 0 Å². The molecule has 0 aromatic rings. The van der Waals surface area contributed by atoms with Gasteiger partial charge in [-0.15, -0.1) is 0 Å². The normalized spacial score (nSPS) is 12.8. The van der Waals surface area contributed by atoms with E-state index in [1.54, 1.807) is 20.0 Å². The lowest BCUT2D eigenvalue weighted by molar-refractivity contribution is 0.128. The summed E-state index contributed by atoms with van der Waals surface area (Å²) < 4.78 is 0. The van der Waals surface area contributed by atoms with Gasteiger partial charge in [-0.2, -0.15) is 5.48 Å². The molecule has 6 nitrogen and oxygen atoms in total. The van der Waals surface area contributed by atoms with Gasteiger partial charge in [-0.3, -0.25) is 0 Å². The molecule has 0 atom stereocenters. The van der Waals surface area contributed by atoms with Gasteiger partial charge < -0.3 is 20.9 Å². The lowest BCUT2D eigenvalue weighted by Crippen LogP contribution is -2.25. The van der Waals surface area contributed by atoms with Crippen LogP contribution in [0.25, 0.3) is 0 Å². The highest BCUT2D eigenvalue weighted by Gasteiger charge is 2.05. The maximum atomic E-state index is 7.93. The van der Waals surface area contributed by atoms with Crippen LogP contribution in [0.3, 0.4) is 0 Å². The molecule has 0 amide bonds. The second kappa shape index (κ2) is 9.38. The summed E-state index contributed by atoms with van der Waals surface area (Å²) >= 11 is 0. The highest BCUT2D eigenvalue weighted by atomic mass is 16.6. The zero-order valence-electron chi connectivity index (χ0n) is 11.6. The Morgan fingerprint density at radius 3 is 2.50 bits per heavy atom. The van der Waals surface area contributed by atoms with E-state index in [0.717, 1.165) is 18.7 Å². The minimum atomic E-state index is 0.335. The molecule has 0 aromatic carbocycles. The van der Waals surface area contributed by atoms with Crippen LogP contribution in [-0.4, -0.2) is 39.6 Å². The lowest BCUT2D eigenvalue weighted by Gasteiger charge is -2.10. The molecule has 18 heavy (non-hydrogen) atoms. The van der Waals surface area contributed by atoms with Crippen LogP contribution < -0.4 is 16.1 Å². The van der Waals surface area contributed by atoms with Crippen LogP contribution in [0.2, 0.25) is 0 Å². The second-order valence-corrected chi connectivity index (χ2v) is 3.64. The van der Waals surface area contributed by atoms with Crippen molar-refractivity contribution in [3.8, 4) is 0 Å². The maximum absolute atomic E-state index is 7.93. The van der Waals surface area contributed by atoms with E-state index in [-0.39, 0.29) is 0 Å². The number of nitrogens with one attached hydrogen (secondary N) is 4. The molecule has 102 valence electrons. The average molecular weight is 253 g/mol. The van der Waals surface area contributed by atoms with Gasteiger partial charge >= 0.3 is 0 Å². The number of hydroxylamine groups is 1. The molecule has 0 heterocycles. The van der Waals surface area contributed by atoms with E-state index in [4.69, 9.17) is 10.2 Å². The first-order valence-corrected chi connectivity index (χ1v) is 5.73. The Morgan fingerprint density at radius 2 is 2.00 bits per heavy atom. The van der Waals surface area contributed by atoms with Crippen molar-refractivity contribution < 1.29 is 4.84 Å². The third-order valence-corrected chi connectivity index (χ3v) is 2.20. The van der Waals surface area contributed by atoms with E-state index in [1.807, 2.05) is 14.0 Å². The molecule has 6 heteroatoms. The quantitative estimate of drug-likeness (QED) is 0.212. The molecule has 4 N–H and O–H groups in total.